The highest BCUT2D eigenvalue weighted by Crippen LogP contribution is 2.21. The average molecular weight is 432 g/mol. The topological polar surface area (TPSA) is 110 Å². The summed E-state index contributed by atoms with van der Waals surface area (Å²) >= 11 is 0. The Morgan fingerprint density at radius 2 is 1.63 bits per heavy atom. The van der Waals surface area contributed by atoms with E-state index < -0.39 is 20.9 Å². The molecular formula is C21H25N3O5S. The van der Waals surface area contributed by atoms with Crippen molar-refractivity contribution in [1.29, 1.82) is 0 Å². The van der Waals surface area contributed by atoms with Gasteiger partial charge in [-0.2, -0.15) is 4.31 Å². The van der Waals surface area contributed by atoms with Crippen LogP contribution in [0.1, 0.15) is 41.6 Å². The van der Waals surface area contributed by atoms with Gasteiger partial charge in [0.05, 0.1) is 9.82 Å². The van der Waals surface area contributed by atoms with Crippen molar-refractivity contribution in [2.45, 2.75) is 37.0 Å². The number of sulfonamides is 1. The normalized spacial score (nSPS) is 15.3. The van der Waals surface area contributed by atoms with Gasteiger partial charge in [0.1, 0.15) is 5.56 Å². The van der Waals surface area contributed by atoms with Crippen LogP contribution in [0, 0.1) is 10.1 Å². The maximum absolute atomic E-state index is 12.8. The Labute approximate surface area is 176 Å². The molecule has 3 rings (SSSR count). The largest absolute Gasteiger partial charge is 0.351 e. The standard InChI is InChI=1S/C21H25N3O5S/c25-21(19-7-3-4-8-20(19)24(26)27)22-14-13-17-9-11-18(12-10-17)30(28,29)23-15-5-1-2-6-16-23/h3-4,7-12H,1-2,5-6,13-16H2,(H,22,25). The maximum atomic E-state index is 12.8. The zero-order valence-corrected chi connectivity index (χ0v) is 17.4. The first-order chi connectivity index (χ1) is 14.4. The molecule has 1 fully saturated rings. The van der Waals surface area contributed by atoms with Crippen molar-refractivity contribution in [2.24, 2.45) is 0 Å². The van der Waals surface area contributed by atoms with Crippen molar-refractivity contribution in [3.8, 4) is 0 Å². The second kappa shape index (κ2) is 9.82. The molecule has 0 aliphatic carbocycles. The van der Waals surface area contributed by atoms with Gasteiger partial charge in [0.15, 0.2) is 0 Å². The highest BCUT2D eigenvalue weighted by Gasteiger charge is 2.25. The first kappa shape index (κ1) is 21.9. The fourth-order valence-corrected chi connectivity index (χ4v) is 5.02. The lowest BCUT2D eigenvalue weighted by Gasteiger charge is -2.20. The summed E-state index contributed by atoms with van der Waals surface area (Å²) in [4.78, 5) is 23.0. The lowest BCUT2D eigenvalue weighted by Crippen LogP contribution is -2.31. The van der Waals surface area contributed by atoms with Gasteiger partial charge in [-0.25, -0.2) is 8.42 Å². The van der Waals surface area contributed by atoms with Crippen LogP contribution in [0.2, 0.25) is 0 Å². The third-order valence-electron chi connectivity index (χ3n) is 5.17. The average Bonchev–Trinajstić information content (AvgIpc) is 3.04. The predicted octanol–water partition coefficient (Wildman–Crippen LogP) is 3.13. The number of rotatable bonds is 7. The second-order valence-corrected chi connectivity index (χ2v) is 9.18. The molecule has 1 aliphatic rings. The fraction of sp³-hybridized carbons (Fsp3) is 0.381. The number of nitrogens with one attached hydrogen (secondary N) is 1. The molecule has 0 unspecified atom stereocenters. The Hall–Kier alpha value is -2.78. The summed E-state index contributed by atoms with van der Waals surface area (Å²) in [6, 6.07) is 12.5. The number of para-hydroxylation sites is 1. The van der Waals surface area contributed by atoms with Crippen molar-refractivity contribution in [3.63, 3.8) is 0 Å². The third kappa shape index (κ3) is 5.22. The van der Waals surface area contributed by atoms with E-state index in [-0.39, 0.29) is 22.7 Å². The van der Waals surface area contributed by atoms with Crippen LogP contribution in [0.4, 0.5) is 5.69 Å². The number of hydrogen-bond donors (Lipinski definition) is 1. The molecule has 8 nitrogen and oxygen atoms in total. The molecule has 1 amide bonds. The van der Waals surface area contributed by atoms with Crippen molar-refractivity contribution in [2.75, 3.05) is 19.6 Å². The van der Waals surface area contributed by atoms with Crippen molar-refractivity contribution in [3.05, 3.63) is 69.8 Å². The first-order valence-electron chi connectivity index (χ1n) is 10.0. The Balaban J connectivity index is 1.59. The molecular weight excluding hydrogens is 406 g/mol. The van der Waals surface area contributed by atoms with Crippen molar-refractivity contribution >= 4 is 21.6 Å². The molecule has 0 spiro atoms. The van der Waals surface area contributed by atoms with Gasteiger partial charge in [0, 0.05) is 25.7 Å². The van der Waals surface area contributed by atoms with Gasteiger partial charge >= 0.3 is 0 Å². The summed E-state index contributed by atoms with van der Waals surface area (Å²) < 4.78 is 27.2. The summed E-state index contributed by atoms with van der Waals surface area (Å²) in [6.07, 6.45) is 4.37. The highest BCUT2D eigenvalue weighted by molar-refractivity contribution is 7.89. The summed E-state index contributed by atoms with van der Waals surface area (Å²) in [5, 5.41) is 13.7. The maximum Gasteiger partial charge on any atom is 0.282 e. The number of nitro benzene ring substituents is 1. The minimum Gasteiger partial charge on any atom is -0.351 e. The molecule has 0 aromatic heterocycles. The molecule has 1 N–H and O–H groups in total. The molecule has 1 aliphatic heterocycles. The number of benzene rings is 2. The van der Waals surface area contributed by atoms with Crippen molar-refractivity contribution < 1.29 is 18.1 Å². The number of amides is 1. The molecule has 1 saturated heterocycles. The van der Waals surface area contributed by atoms with Gasteiger partial charge in [-0.3, -0.25) is 14.9 Å². The molecule has 160 valence electrons. The molecule has 9 heteroatoms. The minimum absolute atomic E-state index is 0.0152. The van der Waals surface area contributed by atoms with E-state index in [0.29, 0.717) is 19.5 Å². The van der Waals surface area contributed by atoms with Gasteiger partial charge in [-0.1, -0.05) is 37.1 Å². The molecule has 0 atom stereocenters. The van der Waals surface area contributed by atoms with Crippen LogP contribution in [-0.2, 0) is 16.4 Å². The number of carbonyl (C=O) groups excluding carboxylic acids is 1. The van der Waals surface area contributed by atoms with Gasteiger partial charge in [0.2, 0.25) is 10.0 Å². The molecule has 0 bridgehead atoms. The van der Waals surface area contributed by atoms with Crippen LogP contribution in [0.3, 0.4) is 0 Å². The second-order valence-electron chi connectivity index (χ2n) is 7.24. The lowest BCUT2D eigenvalue weighted by atomic mass is 10.1. The van der Waals surface area contributed by atoms with Gasteiger partial charge in [0.25, 0.3) is 11.6 Å². The van der Waals surface area contributed by atoms with E-state index in [1.165, 1.54) is 18.2 Å². The van der Waals surface area contributed by atoms with E-state index in [0.717, 1.165) is 31.2 Å². The monoisotopic (exact) mass is 431 g/mol. The summed E-state index contributed by atoms with van der Waals surface area (Å²) in [5.41, 5.74) is 0.646. The summed E-state index contributed by atoms with van der Waals surface area (Å²) in [5.74, 6) is -0.511. The molecule has 2 aromatic rings. The van der Waals surface area contributed by atoms with Gasteiger partial charge < -0.3 is 5.32 Å². The quantitative estimate of drug-likeness (QED) is 0.535. The first-order valence-corrected chi connectivity index (χ1v) is 11.4. The number of nitro groups is 1. The van der Waals surface area contributed by atoms with Crippen molar-refractivity contribution in [1.82, 2.24) is 9.62 Å². The van der Waals surface area contributed by atoms with Crippen LogP contribution in [0.15, 0.2) is 53.4 Å². The van der Waals surface area contributed by atoms with Gasteiger partial charge in [-0.15, -0.1) is 0 Å². The van der Waals surface area contributed by atoms with Crippen LogP contribution in [-0.4, -0.2) is 43.2 Å². The Morgan fingerprint density at radius 1 is 1.00 bits per heavy atom. The van der Waals surface area contributed by atoms with Crippen LogP contribution in [0.25, 0.3) is 0 Å². The van der Waals surface area contributed by atoms with E-state index in [1.807, 2.05) is 0 Å². The highest BCUT2D eigenvalue weighted by atomic mass is 32.2. The number of hydrogen-bond acceptors (Lipinski definition) is 5. The number of nitrogens with zero attached hydrogens (tertiary/aromatic N) is 2. The zero-order chi connectivity index (χ0) is 21.6. The molecule has 30 heavy (non-hydrogen) atoms. The summed E-state index contributed by atoms with van der Waals surface area (Å²) in [7, 11) is -3.49. The van der Waals surface area contributed by atoms with E-state index in [9.17, 15) is 23.3 Å². The smallest absolute Gasteiger partial charge is 0.282 e. The van der Waals surface area contributed by atoms with E-state index in [2.05, 4.69) is 5.32 Å². The van der Waals surface area contributed by atoms with E-state index >= 15 is 0 Å². The van der Waals surface area contributed by atoms with Crippen LogP contribution in [0.5, 0.6) is 0 Å². The van der Waals surface area contributed by atoms with E-state index in [1.54, 1.807) is 34.6 Å². The summed E-state index contributed by atoms with van der Waals surface area (Å²) in [6.45, 7) is 1.40. The minimum atomic E-state index is -3.49. The molecule has 1 heterocycles. The van der Waals surface area contributed by atoms with Crippen LogP contribution >= 0.6 is 0 Å². The SMILES string of the molecule is O=C(NCCc1ccc(S(=O)(=O)N2CCCCCC2)cc1)c1ccccc1[N+](=O)[O-]. The lowest BCUT2D eigenvalue weighted by molar-refractivity contribution is -0.385. The molecule has 2 aromatic carbocycles. The third-order valence-corrected chi connectivity index (χ3v) is 7.08. The molecule has 0 saturated carbocycles. The number of carbonyl (C=O) groups is 1. The van der Waals surface area contributed by atoms with E-state index in [4.69, 9.17) is 0 Å². The zero-order valence-electron chi connectivity index (χ0n) is 16.6. The Morgan fingerprint density at radius 3 is 2.27 bits per heavy atom. The Bertz CT molecular complexity index is 998. The molecule has 0 radical (unpaired) electrons. The fourth-order valence-electron chi connectivity index (χ4n) is 3.50. The van der Waals surface area contributed by atoms with Crippen LogP contribution < -0.4 is 5.32 Å². The Kier molecular flexibility index (Phi) is 7.17. The predicted molar refractivity (Wildman–Crippen MR) is 113 cm³/mol. The van der Waals surface area contributed by atoms with Gasteiger partial charge in [-0.05, 0) is 43.0 Å².